The average Bonchev–Trinajstić information content (AvgIpc) is 2.31. The molecule has 0 aliphatic heterocycles. The van der Waals surface area contributed by atoms with Crippen molar-refractivity contribution in [3.8, 4) is 12.1 Å². The van der Waals surface area contributed by atoms with Crippen LogP contribution in [0.1, 0.15) is 24.5 Å². The summed E-state index contributed by atoms with van der Waals surface area (Å²) in [6, 6.07) is 8.57. The summed E-state index contributed by atoms with van der Waals surface area (Å²) in [5.74, 6) is -0.496. The molecule has 0 fully saturated rings. The van der Waals surface area contributed by atoms with Crippen LogP contribution in [-0.2, 0) is 6.54 Å². The molecular formula is C13H14FN3. The van der Waals surface area contributed by atoms with Crippen molar-refractivity contribution < 1.29 is 4.39 Å². The van der Waals surface area contributed by atoms with Gasteiger partial charge in [-0.25, -0.2) is 4.39 Å². The summed E-state index contributed by atoms with van der Waals surface area (Å²) in [7, 11) is 1.90. The van der Waals surface area contributed by atoms with Gasteiger partial charge in [-0.05, 0) is 31.7 Å². The maximum absolute atomic E-state index is 13.1. The van der Waals surface area contributed by atoms with E-state index in [1.54, 1.807) is 12.1 Å². The van der Waals surface area contributed by atoms with E-state index in [0.29, 0.717) is 13.0 Å². The Bertz CT molecular complexity index is 471. The minimum Gasteiger partial charge on any atom is -0.298 e. The topological polar surface area (TPSA) is 50.8 Å². The molecule has 1 aromatic rings. The predicted octanol–water partition coefficient (Wildman–Crippen LogP) is 2.43. The molecule has 0 aliphatic carbocycles. The Morgan fingerprint density at radius 1 is 1.41 bits per heavy atom. The molecule has 0 aliphatic rings. The smallest absolute Gasteiger partial charge is 0.140 e. The molecule has 4 heteroatoms. The van der Waals surface area contributed by atoms with E-state index in [9.17, 15) is 4.39 Å². The van der Waals surface area contributed by atoms with E-state index in [2.05, 4.69) is 6.07 Å². The van der Waals surface area contributed by atoms with Crippen LogP contribution in [0, 0.1) is 28.5 Å². The fourth-order valence-electron chi connectivity index (χ4n) is 1.49. The highest BCUT2D eigenvalue weighted by Gasteiger charge is 2.10. The molecule has 0 saturated carbocycles. The first kappa shape index (κ1) is 13.2. The minimum absolute atomic E-state index is 0.0591. The van der Waals surface area contributed by atoms with E-state index >= 15 is 0 Å². The van der Waals surface area contributed by atoms with Crippen molar-refractivity contribution in [1.29, 1.82) is 10.5 Å². The molecule has 0 amide bonds. The van der Waals surface area contributed by atoms with Crippen LogP contribution in [0.15, 0.2) is 18.2 Å². The largest absolute Gasteiger partial charge is 0.298 e. The number of nitriles is 2. The molecule has 0 spiro atoms. The van der Waals surface area contributed by atoms with Crippen LogP contribution < -0.4 is 0 Å². The first-order valence-corrected chi connectivity index (χ1v) is 5.34. The summed E-state index contributed by atoms with van der Waals surface area (Å²) < 4.78 is 13.1. The molecule has 0 N–H and O–H groups in total. The third-order valence-corrected chi connectivity index (χ3v) is 2.72. The normalized spacial score (nSPS) is 11.9. The zero-order chi connectivity index (χ0) is 12.8. The van der Waals surface area contributed by atoms with Crippen LogP contribution in [-0.4, -0.2) is 18.0 Å². The number of rotatable bonds is 4. The van der Waals surface area contributed by atoms with Crippen LogP contribution in [0.2, 0.25) is 0 Å². The number of nitrogens with zero attached hydrogens (tertiary/aromatic N) is 3. The highest BCUT2D eigenvalue weighted by Crippen LogP contribution is 2.13. The zero-order valence-corrected chi connectivity index (χ0v) is 9.94. The van der Waals surface area contributed by atoms with Crippen molar-refractivity contribution in [1.82, 2.24) is 4.90 Å². The SMILES string of the molecule is CC(CC#N)N(C)Cc1ccc(F)c(C#N)c1. The summed E-state index contributed by atoms with van der Waals surface area (Å²) >= 11 is 0. The molecule has 1 atom stereocenters. The van der Waals surface area contributed by atoms with E-state index < -0.39 is 5.82 Å². The van der Waals surface area contributed by atoms with Gasteiger partial charge in [0.2, 0.25) is 0 Å². The van der Waals surface area contributed by atoms with Gasteiger partial charge in [-0.1, -0.05) is 6.07 Å². The molecule has 0 aromatic heterocycles. The van der Waals surface area contributed by atoms with E-state index in [0.717, 1.165) is 5.56 Å². The standard InChI is InChI=1S/C13H14FN3/c1-10(5-6-15)17(2)9-11-3-4-13(14)12(7-11)8-16/h3-4,7,10H,5,9H2,1-2H3. The van der Waals surface area contributed by atoms with Gasteiger partial charge in [0.25, 0.3) is 0 Å². The maximum atomic E-state index is 13.1. The van der Waals surface area contributed by atoms with Gasteiger partial charge in [-0.2, -0.15) is 10.5 Å². The predicted molar refractivity (Wildman–Crippen MR) is 62.3 cm³/mol. The van der Waals surface area contributed by atoms with Gasteiger partial charge in [0.15, 0.2) is 0 Å². The lowest BCUT2D eigenvalue weighted by atomic mass is 10.1. The van der Waals surface area contributed by atoms with Gasteiger partial charge < -0.3 is 0 Å². The Kier molecular flexibility index (Phi) is 4.63. The number of benzene rings is 1. The number of hydrogen-bond donors (Lipinski definition) is 0. The lowest BCUT2D eigenvalue weighted by Gasteiger charge is -2.22. The van der Waals surface area contributed by atoms with Crippen molar-refractivity contribution in [2.24, 2.45) is 0 Å². The van der Waals surface area contributed by atoms with E-state index in [4.69, 9.17) is 10.5 Å². The molecular weight excluding hydrogens is 217 g/mol. The molecule has 0 heterocycles. The average molecular weight is 231 g/mol. The minimum atomic E-state index is -0.496. The Hall–Kier alpha value is -1.91. The summed E-state index contributed by atoms with van der Waals surface area (Å²) in [5, 5.41) is 17.3. The van der Waals surface area contributed by atoms with Crippen LogP contribution in [0.5, 0.6) is 0 Å². The van der Waals surface area contributed by atoms with E-state index in [1.165, 1.54) is 6.07 Å². The second-order valence-electron chi connectivity index (χ2n) is 4.05. The lowest BCUT2D eigenvalue weighted by Crippen LogP contribution is -2.28. The molecule has 1 aromatic carbocycles. The van der Waals surface area contributed by atoms with Gasteiger partial charge in [-0.15, -0.1) is 0 Å². The number of hydrogen-bond acceptors (Lipinski definition) is 3. The molecule has 1 unspecified atom stereocenters. The first-order chi connectivity index (χ1) is 8.08. The third kappa shape index (κ3) is 3.55. The van der Waals surface area contributed by atoms with Crippen LogP contribution >= 0.6 is 0 Å². The van der Waals surface area contributed by atoms with Crippen molar-refractivity contribution in [2.45, 2.75) is 25.9 Å². The maximum Gasteiger partial charge on any atom is 0.140 e. The molecule has 0 radical (unpaired) electrons. The van der Waals surface area contributed by atoms with Gasteiger partial charge in [0.1, 0.15) is 11.9 Å². The summed E-state index contributed by atoms with van der Waals surface area (Å²) in [5.41, 5.74) is 0.930. The fraction of sp³-hybridized carbons (Fsp3) is 0.385. The molecule has 88 valence electrons. The number of halogens is 1. The molecule has 0 saturated heterocycles. The summed E-state index contributed by atoms with van der Waals surface area (Å²) in [6.45, 7) is 2.55. The Balaban J connectivity index is 2.76. The molecule has 3 nitrogen and oxygen atoms in total. The van der Waals surface area contributed by atoms with E-state index in [1.807, 2.05) is 24.9 Å². The Morgan fingerprint density at radius 2 is 2.12 bits per heavy atom. The second-order valence-corrected chi connectivity index (χ2v) is 4.05. The summed E-state index contributed by atoms with van der Waals surface area (Å²) in [6.07, 6.45) is 0.447. The second kappa shape index (κ2) is 5.98. The van der Waals surface area contributed by atoms with Crippen LogP contribution in [0.25, 0.3) is 0 Å². The Labute approximate surface area is 101 Å². The van der Waals surface area contributed by atoms with Gasteiger partial charge in [0.05, 0.1) is 18.1 Å². The van der Waals surface area contributed by atoms with Crippen molar-refractivity contribution >= 4 is 0 Å². The van der Waals surface area contributed by atoms with Crippen molar-refractivity contribution in [2.75, 3.05) is 7.05 Å². The Morgan fingerprint density at radius 3 is 2.71 bits per heavy atom. The quantitative estimate of drug-likeness (QED) is 0.799. The van der Waals surface area contributed by atoms with Crippen molar-refractivity contribution in [3.63, 3.8) is 0 Å². The van der Waals surface area contributed by atoms with Gasteiger partial charge in [-0.3, -0.25) is 4.90 Å². The van der Waals surface area contributed by atoms with E-state index in [-0.39, 0.29) is 11.6 Å². The first-order valence-electron chi connectivity index (χ1n) is 5.34. The molecule has 1 rings (SSSR count). The summed E-state index contributed by atoms with van der Waals surface area (Å²) in [4.78, 5) is 2.00. The highest BCUT2D eigenvalue weighted by molar-refractivity contribution is 5.34. The zero-order valence-electron chi connectivity index (χ0n) is 9.94. The van der Waals surface area contributed by atoms with Crippen LogP contribution in [0.3, 0.4) is 0 Å². The lowest BCUT2D eigenvalue weighted by molar-refractivity contribution is 0.252. The van der Waals surface area contributed by atoms with Gasteiger partial charge in [0, 0.05) is 12.6 Å². The van der Waals surface area contributed by atoms with Crippen LogP contribution in [0.4, 0.5) is 4.39 Å². The molecule has 0 bridgehead atoms. The third-order valence-electron chi connectivity index (χ3n) is 2.72. The monoisotopic (exact) mass is 231 g/mol. The van der Waals surface area contributed by atoms with Gasteiger partial charge >= 0.3 is 0 Å². The molecule has 17 heavy (non-hydrogen) atoms. The fourth-order valence-corrected chi connectivity index (χ4v) is 1.49. The highest BCUT2D eigenvalue weighted by atomic mass is 19.1. The van der Waals surface area contributed by atoms with Crippen molar-refractivity contribution in [3.05, 3.63) is 35.1 Å².